The predicted molar refractivity (Wildman–Crippen MR) is 95.6 cm³/mol. The topological polar surface area (TPSA) is 32.3 Å². The van der Waals surface area contributed by atoms with Crippen LogP contribution >= 0.6 is 39.7 Å². The van der Waals surface area contributed by atoms with Gasteiger partial charge >= 0.3 is 0 Å². The van der Waals surface area contributed by atoms with E-state index < -0.39 is 0 Å². The lowest BCUT2D eigenvalue weighted by Gasteiger charge is -2.36. The number of thiophene rings is 1. The lowest BCUT2D eigenvalue weighted by Crippen LogP contribution is -2.47. The first-order chi connectivity index (χ1) is 9.63. The van der Waals surface area contributed by atoms with Crippen LogP contribution in [0.4, 0.5) is 0 Å². The standard InChI is InChI=1S/C15H23BrN2OS.ClH/c1-3-10-18(12-6-8-17-9-7-12)15(19)11(2)13-4-5-14(16)20-13;/h4-5,11-12,17H,3,6-10H2,1-2H3;1H. The second-order valence-electron chi connectivity index (χ2n) is 5.38. The van der Waals surface area contributed by atoms with Crippen molar-refractivity contribution >= 4 is 45.6 Å². The first kappa shape index (κ1) is 18.9. The van der Waals surface area contributed by atoms with E-state index in [4.69, 9.17) is 0 Å². The molecule has 1 saturated heterocycles. The Labute approximate surface area is 146 Å². The van der Waals surface area contributed by atoms with Crippen molar-refractivity contribution in [2.24, 2.45) is 0 Å². The maximum atomic E-state index is 12.8. The molecule has 0 aliphatic carbocycles. The van der Waals surface area contributed by atoms with Gasteiger partial charge in [0.15, 0.2) is 0 Å². The molecule has 1 N–H and O–H groups in total. The molecule has 21 heavy (non-hydrogen) atoms. The Kier molecular flexibility index (Phi) is 8.24. The van der Waals surface area contributed by atoms with Gasteiger partial charge < -0.3 is 10.2 Å². The van der Waals surface area contributed by atoms with Crippen LogP contribution in [0.5, 0.6) is 0 Å². The van der Waals surface area contributed by atoms with Gasteiger partial charge in [-0.05, 0) is 67.3 Å². The summed E-state index contributed by atoms with van der Waals surface area (Å²) in [5.74, 6) is 0.251. The molecule has 0 spiro atoms. The van der Waals surface area contributed by atoms with E-state index >= 15 is 0 Å². The molecule has 1 fully saturated rings. The monoisotopic (exact) mass is 394 g/mol. The van der Waals surface area contributed by atoms with Crippen LogP contribution in [0, 0.1) is 0 Å². The van der Waals surface area contributed by atoms with Gasteiger partial charge in [0.1, 0.15) is 0 Å². The molecule has 6 heteroatoms. The molecule has 0 bridgehead atoms. The summed E-state index contributed by atoms with van der Waals surface area (Å²) in [5, 5.41) is 3.37. The molecule has 0 aromatic carbocycles. The Balaban J connectivity index is 0.00000220. The van der Waals surface area contributed by atoms with Crippen molar-refractivity contribution < 1.29 is 4.79 Å². The second kappa shape index (κ2) is 9.13. The van der Waals surface area contributed by atoms with Crippen LogP contribution in [-0.4, -0.2) is 36.5 Å². The highest BCUT2D eigenvalue weighted by Gasteiger charge is 2.29. The maximum Gasteiger partial charge on any atom is 0.230 e. The number of rotatable bonds is 5. The zero-order valence-corrected chi connectivity index (χ0v) is 15.8. The second-order valence-corrected chi connectivity index (χ2v) is 7.87. The molecule has 2 rings (SSSR count). The average Bonchev–Trinajstić information content (AvgIpc) is 2.91. The van der Waals surface area contributed by atoms with E-state index in [2.05, 4.69) is 39.1 Å². The number of nitrogens with zero attached hydrogens (tertiary/aromatic N) is 1. The van der Waals surface area contributed by atoms with Crippen molar-refractivity contribution in [1.82, 2.24) is 10.2 Å². The average molecular weight is 396 g/mol. The zero-order chi connectivity index (χ0) is 14.5. The van der Waals surface area contributed by atoms with E-state index in [0.29, 0.717) is 6.04 Å². The van der Waals surface area contributed by atoms with Gasteiger partial charge in [0, 0.05) is 17.5 Å². The minimum atomic E-state index is -0.0345. The van der Waals surface area contributed by atoms with Gasteiger partial charge in [-0.1, -0.05) is 6.92 Å². The first-order valence-corrected chi connectivity index (χ1v) is 9.00. The number of carbonyl (C=O) groups excluding carboxylic acids is 1. The van der Waals surface area contributed by atoms with Crippen molar-refractivity contribution in [1.29, 1.82) is 0 Å². The fourth-order valence-electron chi connectivity index (χ4n) is 2.76. The van der Waals surface area contributed by atoms with Gasteiger partial charge in [-0.25, -0.2) is 0 Å². The van der Waals surface area contributed by atoms with Crippen LogP contribution in [0.25, 0.3) is 0 Å². The van der Waals surface area contributed by atoms with Crippen molar-refractivity contribution in [3.8, 4) is 0 Å². The fraction of sp³-hybridized carbons (Fsp3) is 0.667. The summed E-state index contributed by atoms with van der Waals surface area (Å²) >= 11 is 5.14. The van der Waals surface area contributed by atoms with Crippen LogP contribution in [0.15, 0.2) is 15.9 Å². The summed E-state index contributed by atoms with van der Waals surface area (Å²) in [5.41, 5.74) is 0. The van der Waals surface area contributed by atoms with Gasteiger partial charge in [0.2, 0.25) is 5.91 Å². The lowest BCUT2D eigenvalue weighted by atomic mass is 10.0. The summed E-state index contributed by atoms with van der Waals surface area (Å²) in [7, 11) is 0. The number of hydrogen-bond donors (Lipinski definition) is 1. The largest absolute Gasteiger partial charge is 0.339 e. The smallest absolute Gasteiger partial charge is 0.230 e. The Morgan fingerprint density at radius 2 is 2.14 bits per heavy atom. The van der Waals surface area contributed by atoms with Gasteiger partial charge in [-0.2, -0.15) is 0 Å². The number of halogens is 2. The quantitative estimate of drug-likeness (QED) is 0.816. The highest BCUT2D eigenvalue weighted by Crippen LogP contribution is 2.30. The normalized spacial score (nSPS) is 17.1. The summed E-state index contributed by atoms with van der Waals surface area (Å²) in [6, 6.07) is 4.50. The van der Waals surface area contributed by atoms with E-state index in [9.17, 15) is 4.79 Å². The molecule has 0 radical (unpaired) electrons. The third-order valence-electron chi connectivity index (χ3n) is 3.89. The van der Waals surface area contributed by atoms with Gasteiger partial charge in [-0.3, -0.25) is 4.79 Å². The highest BCUT2D eigenvalue weighted by molar-refractivity contribution is 9.11. The van der Waals surface area contributed by atoms with Crippen LogP contribution in [0.3, 0.4) is 0 Å². The first-order valence-electron chi connectivity index (χ1n) is 7.40. The molecule has 3 nitrogen and oxygen atoms in total. The molecule has 1 atom stereocenters. The molecular weight excluding hydrogens is 372 g/mol. The van der Waals surface area contributed by atoms with Crippen molar-refractivity contribution in [3.05, 3.63) is 20.8 Å². The molecule has 1 aliphatic rings. The van der Waals surface area contributed by atoms with E-state index in [1.165, 1.54) is 0 Å². The van der Waals surface area contributed by atoms with Crippen molar-refractivity contribution in [2.75, 3.05) is 19.6 Å². The minimum absolute atomic E-state index is 0. The van der Waals surface area contributed by atoms with E-state index in [-0.39, 0.29) is 24.2 Å². The van der Waals surface area contributed by atoms with Crippen LogP contribution in [0.1, 0.15) is 43.9 Å². The number of hydrogen-bond acceptors (Lipinski definition) is 3. The van der Waals surface area contributed by atoms with Gasteiger partial charge in [0.05, 0.1) is 9.70 Å². The van der Waals surface area contributed by atoms with Crippen LogP contribution in [0.2, 0.25) is 0 Å². The third kappa shape index (κ3) is 4.95. The molecular formula is C15H24BrClN2OS. The number of nitrogens with one attached hydrogen (secondary N) is 1. The molecule has 1 aliphatic heterocycles. The predicted octanol–water partition coefficient (Wildman–Crippen LogP) is 4.03. The van der Waals surface area contributed by atoms with Gasteiger partial charge in [0.25, 0.3) is 0 Å². The SMILES string of the molecule is CCCN(C(=O)C(C)c1ccc(Br)s1)C1CCNCC1.Cl. The molecule has 1 aromatic rings. The molecule has 2 heterocycles. The Morgan fingerprint density at radius 3 is 2.67 bits per heavy atom. The van der Waals surface area contributed by atoms with Crippen LogP contribution < -0.4 is 5.32 Å². The Hall–Kier alpha value is -0.100. The summed E-state index contributed by atoms with van der Waals surface area (Å²) < 4.78 is 1.09. The number of carbonyl (C=O) groups is 1. The van der Waals surface area contributed by atoms with E-state index in [1.54, 1.807) is 11.3 Å². The molecule has 1 amide bonds. The molecule has 120 valence electrons. The molecule has 1 unspecified atom stereocenters. The summed E-state index contributed by atoms with van der Waals surface area (Å²) in [6.45, 7) is 7.10. The van der Waals surface area contributed by atoms with Gasteiger partial charge in [-0.15, -0.1) is 23.7 Å². The highest BCUT2D eigenvalue weighted by atomic mass is 79.9. The van der Waals surface area contributed by atoms with Crippen molar-refractivity contribution in [3.63, 3.8) is 0 Å². The lowest BCUT2D eigenvalue weighted by molar-refractivity contribution is -0.135. The summed E-state index contributed by atoms with van der Waals surface area (Å²) in [6.07, 6.45) is 3.18. The zero-order valence-electron chi connectivity index (χ0n) is 12.6. The maximum absolute atomic E-state index is 12.8. The Morgan fingerprint density at radius 1 is 1.48 bits per heavy atom. The van der Waals surface area contributed by atoms with E-state index in [1.807, 2.05) is 13.0 Å². The Bertz CT molecular complexity index is 449. The summed E-state index contributed by atoms with van der Waals surface area (Å²) in [4.78, 5) is 16.1. The molecule has 1 aromatic heterocycles. The number of piperidine rings is 1. The third-order valence-corrected chi connectivity index (χ3v) is 5.69. The van der Waals surface area contributed by atoms with Crippen molar-refractivity contribution in [2.45, 2.75) is 45.1 Å². The van der Waals surface area contributed by atoms with Crippen LogP contribution in [-0.2, 0) is 4.79 Å². The van der Waals surface area contributed by atoms with E-state index in [0.717, 1.165) is 47.6 Å². The molecule has 0 saturated carbocycles. The minimum Gasteiger partial charge on any atom is -0.339 e. The fourth-order valence-corrected chi connectivity index (χ4v) is 4.23. The number of amides is 1.